The molecule has 0 aliphatic carbocycles. The number of phenolic OH excluding ortho intramolecular Hbond substituents is 1. The van der Waals surface area contributed by atoms with Crippen LogP contribution in [0.5, 0.6) is 5.75 Å². The fourth-order valence-electron chi connectivity index (χ4n) is 1.87. The van der Waals surface area contributed by atoms with Crippen molar-refractivity contribution in [2.24, 2.45) is 0 Å². The van der Waals surface area contributed by atoms with Crippen molar-refractivity contribution in [3.63, 3.8) is 0 Å². The summed E-state index contributed by atoms with van der Waals surface area (Å²) in [5.41, 5.74) is 1.31. The molecule has 2 aromatic carbocycles. The van der Waals surface area contributed by atoms with Gasteiger partial charge in [0.1, 0.15) is 5.75 Å². The summed E-state index contributed by atoms with van der Waals surface area (Å²) in [7, 11) is 1.71. The molecule has 5 heteroatoms. The largest absolute Gasteiger partial charge is 0.508 e. The number of carbonyl (C=O) groups excluding carboxylic acids is 1. The zero-order valence-corrected chi connectivity index (χ0v) is 14.0. The molecule has 0 bridgehead atoms. The van der Waals surface area contributed by atoms with Crippen LogP contribution in [-0.2, 0) is 6.54 Å². The molecule has 0 saturated heterocycles. The van der Waals surface area contributed by atoms with Crippen LogP contribution in [0.4, 0.5) is 0 Å². The molecule has 0 fully saturated rings. The molecule has 0 saturated carbocycles. The lowest BCUT2D eigenvalue weighted by Gasteiger charge is -2.18. The molecule has 20 heavy (non-hydrogen) atoms. The highest BCUT2D eigenvalue weighted by Crippen LogP contribution is 2.22. The van der Waals surface area contributed by atoms with Crippen molar-refractivity contribution >= 4 is 37.8 Å². The van der Waals surface area contributed by atoms with Gasteiger partial charge in [-0.1, -0.05) is 50.1 Å². The molecular formula is C15H13Br2NO2. The Hall–Kier alpha value is -1.33. The minimum Gasteiger partial charge on any atom is -0.508 e. The van der Waals surface area contributed by atoms with Crippen LogP contribution in [0.3, 0.4) is 0 Å². The Morgan fingerprint density at radius 3 is 2.35 bits per heavy atom. The molecular weight excluding hydrogens is 386 g/mol. The second-order valence-corrected chi connectivity index (χ2v) is 6.28. The van der Waals surface area contributed by atoms with Crippen LogP contribution in [0.25, 0.3) is 0 Å². The Kier molecular flexibility index (Phi) is 4.83. The van der Waals surface area contributed by atoms with Gasteiger partial charge in [0.2, 0.25) is 0 Å². The second-order valence-electron chi connectivity index (χ2n) is 4.45. The van der Waals surface area contributed by atoms with Crippen molar-refractivity contribution in [2.75, 3.05) is 7.05 Å². The third kappa shape index (κ3) is 3.61. The van der Waals surface area contributed by atoms with E-state index in [1.54, 1.807) is 42.3 Å². The Bertz CT molecular complexity index is 623. The quantitative estimate of drug-likeness (QED) is 0.841. The number of amides is 1. The third-order valence-electron chi connectivity index (χ3n) is 2.86. The standard InChI is InChI=1S/C15H13Br2NO2/c1-18(9-10-4-2-3-5-14(10)19)15(20)11-6-12(16)8-13(17)7-11/h2-8,19H,9H2,1H3. The summed E-state index contributed by atoms with van der Waals surface area (Å²) in [6.07, 6.45) is 0. The molecule has 2 aromatic rings. The summed E-state index contributed by atoms with van der Waals surface area (Å²) >= 11 is 6.74. The molecule has 0 unspecified atom stereocenters. The van der Waals surface area contributed by atoms with Crippen LogP contribution in [0.1, 0.15) is 15.9 Å². The zero-order valence-electron chi connectivity index (χ0n) is 10.8. The maximum Gasteiger partial charge on any atom is 0.253 e. The lowest BCUT2D eigenvalue weighted by molar-refractivity contribution is 0.0784. The maximum absolute atomic E-state index is 12.4. The number of benzene rings is 2. The summed E-state index contributed by atoms with van der Waals surface area (Å²) in [5.74, 6) is 0.0952. The van der Waals surface area contributed by atoms with Crippen molar-refractivity contribution in [3.05, 3.63) is 62.5 Å². The summed E-state index contributed by atoms with van der Waals surface area (Å²) in [4.78, 5) is 13.9. The fraction of sp³-hybridized carbons (Fsp3) is 0.133. The predicted octanol–water partition coefficient (Wildman–Crippen LogP) is 4.19. The SMILES string of the molecule is CN(Cc1ccccc1O)C(=O)c1cc(Br)cc(Br)c1. The van der Waals surface area contributed by atoms with E-state index in [9.17, 15) is 9.90 Å². The molecule has 1 amide bonds. The number of hydrogen-bond acceptors (Lipinski definition) is 2. The summed E-state index contributed by atoms with van der Waals surface area (Å²) in [6, 6.07) is 12.4. The molecule has 0 atom stereocenters. The van der Waals surface area contributed by atoms with Crippen molar-refractivity contribution in [1.29, 1.82) is 0 Å². The number of nitrogens with zero attached hydrogens (tertiary/aromatic N) is 1. The summed E-state index contributed by atoms with van der Waals surface area (Å²) in [6.45, 7) is 0.357. The molecule has 0 radical (unpaired) electrons. The summed E-state index contributed by atoms with van der Waals surface area (Å²) < 4.78 is 1.68. The van der Waals surface area contributed by atoms with Gasteiger partial charge in [-0.25, -0.2) is 0 Å². The van der Waals surface area contributed by atoms with Gasteiger partial charge in [0.15, 0.2) is 0 Å². The van der Waals surface area contributed by atoms with Gasteiger partial charge in [-0.2, -0.15) is 0 Å². The van der Waals surface area contributed by atoms with E-state index in [4.69, 9.17) is 0 Å². The highest BCUT2D eigenvalue weighted by molar-refractivity contribution is 9.11. The highest BCUT2D eigenvalue weighted by Gasteiger charge is 2.14. The number of para-hydroxylation sites is 1. The van der Waals surface area contributed by atoms with Gasteiger partial charge >= 0.3 is 0 Å². The van der Waals surface area contributed by atoms with Crippen LogP contribution in [0.15, 0.2) is 51.4 Å². The molecule has 0 aliphatic rings. The van der Waals surface area contributed by atoms with Gasteiger partial charge in [0, 0.05) is 33.7 Å². The topological polar surface area (TPSA) is 40.5 Å². The van der Waals surface area contributed by atoms with Gasteiger partial charge in [-0.05, 0) is 24.3 Å². The van der Waals surface area contributed by atoms with Gasteiger partial charge in [0.05, 0.1) is 0 Å². The van der Waals surface area contributed by atoms with E-state index in [1.807, 2.05) is 12.1 Å². The van der Waals surface area contributed by atoms with E-state index in [-0.39, 0.29) is 11.7 Å². The molecule has 0 spiro atoms. The lowest BCUT2D eigenvalue weighted by Crippen LogP contribution is -2.26. The Morgan fingerprint density at radius 1 is 1.15 bits per heavy atom. The highest BCUT2D eigenvalue weighted by atomic mass is 79.9. The van der Waals surface area contributed by atoms with Crippen LogP contribution >= 0.6 is 31.9 Å². The maximum atomic E-state index is 12.4. The first-order valence-corrected chi connectivity index (χ1v) is 7.54. The van der Waals surface area contributed by atoms with Gasteiger partial charge < -0.3 is 10.0 Å². The number of carbonyl (C=O) groups is 1. The number of rotatable bonds is 3. The van der Waals surface area contributed by atoms with E-state index in [2.05, 4.69) is 31.9 Å². The molecule has 1 N–H and O–H groups in total. The van der Waals surface area contributed by atoms with Crippen molar-refractivity contribution in [3.8, 4) is 5.75 Å². The van der Waals surface area contributed by atoms with Crippen LogP contribution in [0.2, 0.25) is 0 Å². The molecule has 2 rings (SSSR count). The second kappa shape index (κ2) is 6.41. The monoisotopic (exact) mass is 397 g/mol. The molecule has 104 valence electrons. The van der Waals surface area contributed by atoms with E-state index >= 15 is 0 Å². The fourth-order valence-corrected chi connectivity index (χ4v) is 3.16. The normalized spacial score (nSPS) is 10.3. The first-order valence-electron chi connectivity index (χ1n) is 5.96. The van der Waals surface area contributed by atoms with Gasteiger partial charge in [-0.3, -0.25) is 4.79 Å². The minimum atomic E-state index is -0.102. The van der Waals surface area contributed by atoms with Crippen LogP contribution in [-0.4, -0.2) is 23.0 Å². The average Bonchev–Trinajstić information content (AvgIpc) is 2.39. The summed E-state index contributed by atoms with van der Waals surface area (Å²) in [5, 5.41) is 9.75. The van der Waals surface area contributed by atoms with Gasteiger partial charge in [0.25, 0.3) is 5.91 Å². The first-order chi connectivity index (χ1) is 9.47. The van der Waals surface area contributed by atoms with E-state index in [0.29, 0.717) is 12.1 Å². The van der Waals surface area contributed by atoms with Crippen molar-refractivity contribution in [1.82, 2.24) is 4.90 Å². The van der Waals surface area contributed by atoms with E-state index in [0.717, 1.165) is 14.5 Å². The lowest BCUT2D eigenvalue weighted by atomic mass is 10.1. The average molecular weight is 399 g/mol. The Morgan fingerprint density at radius 2 is 1.75 bits per heavy atom. The number of hydrogen-bond donors (Lipinski definition) is 1. The van der Waals surface area contributed by atoms with Gasteiger partial charge in [-0.15, -0.1) is 0 Å². The smallest absolute Gasteiger partial charge is 0.253 e. The van der Waals surface area contributed by atoms with E-state index in [1.165, 1.54) is 0 Å². The molecule has 3 nitrogen and oxygen atoms in total. The van der Waals surface area contributed by atoms with Crippen molar-refractivity contribution < 1.29 is 9.90 Å². The zero-order chi connectivity index (χ0) is 14.7. The van der Waals surface area contributed by atoms with Crippen molar-refractivity contribution in [2.45, 2.75) is 6.54 Å². The number of halogens is 2. The molecule has 0 aromatic heterocycles. The van der Waals surface area contributed by atoms with Crippen LogP contribution in [0, 0.1) is 0 Å². The first kappa shape index (κ1) is 15.1. The third-order valence-corrected chi connectivity index (χ3v) is 3.77. The molecule has 0 aliphatic heterocycles. The predicted molar refractivity (Wildman–Crippen MR) is 85.7 cm³/mol. The molecule has 0 heterocycles. The van der Waals surface area contributed by atoms with E-state index < -0.39 is 0 Å². The Labute approximate surface area is 134 Å². The Balaban J connectivity index is 2.18. The number of aromatic hydroxyl groups is 1. The minimum absolute atomic E-state index is 0.102. The van der Waals surface area contributed by atoms with Crippen LogP contribution < -0.4 is 0 Å². The number of phenols is 1.